The molecule has 158 valence electrons. The fourth-order valence-corrected chi connectivity index (χ4v) is 7.66. The van der Waals surface area contributed by atoms with E-state index in [1.54, 1.807) is 0 Å². The number of nitrogens with zero attached hydrogens (tertiary/aromatic N) is 2. The predicted octanol–water partition coefficient (Wildman–Crippen LogP) is 5.53. The lowest BCUT2D eigenvalue weighted by atomic mass is 10.1. The monoisotopic (exact) mass is 428 g/mol. The third-order valence-electron chi connectivity index (χ3n) is 5.02. The van der Waals surface area contributed by atoms with Gasteiger partial charge in [-0.1, -0.05) is 52.0 Å². The summed E-state index contributed by atoms with van der Waals surface area (Å²) in [5.41, 5.74) is 2.15. The van der Waals surface area contributed by atoms with Crippen LogP contribution in [0.5, 0.6) is 0 Å². The molecule has 1 aromatic rings. The largest absolute Gasteiger partial charge is 0.330 e. The van der Waals surface area contributed by atoms with Crippen LogP contribution in [0.15, 0.2) is 24.3 Å². The van der Waals surface area contributed by atoms with E-state index < -0.39 is 14.9 Å². The number of aryl methyl sites for hydroxylation is 1. The van der Waals surface area contributed by atoms with E-state index in [4.69, 9.17) is 14.3 Å². The standard InChI is InChI=1S/C20H34N2O4P2/c1-17(2)28(24,18(3)4)22(14-7-13-21)16-20-10-8-19(9-11-20)12-15-27(23,25-5)26-6/h8-11,17-18H,7,12,14-16H2,1-6H3. The summed E-state index contributed by atoms with van der Waals surface area (Å²) in [6, 6.07) is 10.2. The highest BCUT2D eigenvalue weighted by atomic mass is 31.2. The Morgan fingerprint density at radius 3 is 1.93 bits per heavy atom. The molecule has 28 heavy (non-hydrogen) atoms. The van der Waals surface area contributed by atoms with Gasteiger partial charge in [-0.25, -0.2) is 4.67 Å². The SMILES string of the molecule is COP(=O)(CCc1ccc(CN(CCC#N)P(=O)(C(C)C)C(C)C)cc1)OC. The second-order valence-electron chi connectivity index (χ2n) is 7.42. The van der Waals surface area contributed by atoms with Crippen LogP contribution in [0.2, 0.25) is 0 Å². The topological polar surface area (TPSA) is 79.6 Å². The molecule has 1 aromatic carbocycles. The van der Waals surface area contributed by atoms with Crippen LogP contribution < -0.4 is 0 Å². The third kappa shape index (κ3) is 6.55. The normalized spacial score (nSPS) is 12.7. The number of benzene rings is 1. The van der Waals surface area contributed by atoms with Crippen molar-refractivity contribution < 1.29 is 18.2 Å². The van der Waals surface area contributed by atoms with Crippen molar-refractivity contribution in [1.29, 1.82) is 5.26 Å². The molecule has 0 fully saturated rings. The predicted molar refractivity (Wildman–Crippen MR) is 115 cm³/mol. The molecule has 0 unspecified atom stereocenters. The maximum atomic E-state index is 13.7. The van der Waals surface area contributed by atoms with Gasteiger partial charge in [0.15, 0.2) is 7.29 Å². The summed E-state index contributed by atoms with van der Waals surface area (Å²) in [5.74, 6) is 0. The van der Waals surface area contributed by atoms with Gasteiger partial charge in [0, 0.05) is 45.0 Å². The number of hydrogen-bond acceptors (Lipinski definition) is 5. The molecule has 6 nitrogen and oxygen atoms in total. The molecule has 0 bridgehead atoms. The van der Waals surface area contributed by atoms with Gasteiger partial charge in [-0.05, 0) is 17.5 Å². The molecule has 0 atom stereocenters. The fraction of sp³-hybridized carbons (Fsp3) is 0.650. The zero-order valence-corrected chi connectivity index (χ0v) is 19.7. The summed E-state index contributed by atoms with van der Waals surface area (Å²) >= 11 is 0. The molecule has 0 amide bonds. The van der Waals surface area contributed by atoms with Gasteiger partial charge in [-0.2, -0.15) is 5.26 Å². The lowest BCUT2D eigenvalue weighted by Gasteiger charge is -2.37. The molecule has 0 N–H and O–H groups in total. The van der Waals surface area contributed by atoms with Crippen LogP contribution in [0.4, 0.5) is 0 Å². The van der Waals surface area contributed by atoms with Crippen molar-refractivity contribution in [3.8, 4) is 6.07 Å². The summed E-state index contributed by atoms with van der Waals surface area (Å²) in [4.78, 5) is 0. The average molecular weight is 428 g/mol. The molecule has 0 aliphatic rings. The van der Waals surface area contributed by atoms with Crippen molar-refractivity contribution in [2.45, 2.75) is 58.4 Å². The molecule has 1 rings (SSSR count). The molecule has 0 heterocycles. The minimum absolute atomic E-state index is 0.0303. The average Bonchev–Trinajstić information content (AvgIpc) is 2.69. The number of rotatable bonds is 12. The molecule has 0 saturated carbocycles. The Morgan fingerprint density at radius 2 is 1.50 bits per heavy atom. The van der Waals surface area contributed by atoms with Crippen molar-refractivity contribution in [1.82, 2.24) is 4.67 Å². The van der Waals surface area contributed by atoms with Crippen molar-refractivity contribution in [3.63, 3.8) is 0 Å². The van der Waals surface area contributed by atoms with Gasteiger partial charge in [-0.15, -0.1) is 0 Å². The molecular weight excluding hydrogens is 394 g/mol. The van der Waals surface area contributed by atoms with E-state index in [1.807, 2.05) is 56.6 Å². The highest BCUT2D eigenvalue weighted by Gasteiger charge is 2.36. The van der Waals surface area contributed by atoms with E-state index in [0.29, 0.717) is 32.1 Å². The van der Waals surface area contributed by atoms with Gasteiger partial charge >= 0.3 is 7.60 Å². The Balaban J connectivity index is 2.94. The molecular formula is C20H34N2O4P2. The first-order valence-corrected chi connectivity index (χ1v) is 13.2. The van der Waals surface area contributed by atoms with Gasteiger partial charge < -0.3 is 13.6 Å². The Bertz CT molecular complexity index is 722. The Kier molecular flexibility index (Phi) is 10.1. The minimum atomic E-state index is -3.01. The highest BCUT2D eigenvalue weighted by Crippen LogP contribution is 2.58. The first-order chi connectivity index (χ1) is 13.1. The molecule has 8 heteroatoms. The highest BCUT2D eigenvalue weighted by molar-refractivity contribution is 7.62. The van der Waals surface area contributed by atoms with Gasteiger partial charge in [0.05, 0.1) is 12.2 Å². The molecule has 0 aromatic heterocycles. The van der Waals surface area contributed by atoms with E-state index in [1.165, 1.54) is 14.2 Å². The molecule has 0 saturated heterocycles. The van der Waals surface area contributed by atoms with Crippen LogP contribution in [-0.2, 0) is 31.1 Å². The zero-order valence-electron chi connectivity index (χ0n) is 17.9. The molecule has 0 radical (unpaired) electrons. The van der Waals surface area contributed by atoms with Crippen LogP contribution in [0.25, 0.3) is 0 Å². The summed E-state index contributed by atoms with van der Waals surface area (Å²) < 4.78 is 37.8. The van der Waals surface area contributed by atoms with Crippen molar-refractivity contribution in [2.24, 2.45) is 0 Å². The smallest absolute Gasteiger partial charge is 0.312 e. The van der Waals surface area contributed by atoms with Crippen LogP contribution in [0.1, 0.15) is 45.2 Å². The molecule has 0 aliphatic carbocycles. The van der Waals surface area contributed by atoms with E-state index in [2.05, 4.69) is 6.07 Å². The fourth-order valence-electron chi connectivity index (χ4n) is 3.32. The molecule has 0 aliphatic heterocycles. The van der Waals surface area contributed by atoms with Gasteiger partial charge in [0.2, 0.25) is 0 Å². The second kappa shape index (κ2) is 11.3. The zero-order chi connectivity index (χ0) is 21.4. The lowest BCUT2D eigenvalue weighted by molar-refractivity contribution is 0.276. The summed E-state index contributed by atoms with van der Waals surface area (Å²) in [7, 11) is -2.84. The Labute approximate surface area is 170 Å². The van der Waals surface area contributed by atoms with Crippen molar-refractivity contribution in [3.05, 3.63) is 35.4 Å². The third-order valence-corrected chi connectivity index (χ3v) is 11.1. The quantitative estimate of drug-likeness (QED) is 0.408. The summed E-state index contributed by atoms with van der Waals surface area (Å²) in [6.07, 6.45) is 1.27. The van der Waals surface area contributed by atoms with E-state index in [0.717, 1.165) is 11.1 Å². The number of hydrogen-bond donors (Lipinski definition) is 0. The molecule has 0 spiro atoms. The van der Waals surface area contributed by atoms with Gasteiger partial charge in [0.25, 0.3) is 0 Å². The van der Waals surface area contributed by atoms with Crippen LogP contribution in [-0.4, -0.2) is 42.9 Å². The van der Waals surface area contributed by atoms with E-state index >= 15 is 0 Å². The van der Waals surface area contributed by atoms with E-state index in [9.17, 15) is 9.13 Å². The Morgan fingerprint density at radius 1 is 1.00 bits per heavy atom. The summed E-state index contributed by atoms with van der Waals surface area (Å²) in [5, 5.41) is 9.02. The second-order valence-corrected chi connectivity index (χ2v) is 13.8. The van der Waals surface area contributed by atoms with Crippen molar-refractivity contribution in [2.75, 3.05) is 26.9 Å². The van der Waals surface area contributed by atoms with Crippen LogP contribution >= 0.6 is 14.9 Å². The first kappa shape index (κ1) is 25.1. The van der Waals surface area contributed by atoms with Crippen molar-refractivity contribution >= 4 is 14.9 Å². The maximum Gasteiger partial charge on any atom is 0.330 e. The van der Waals surface area contributed by atoms with E-state index in [-0.39, 0.29) is 11.3 Å². The van der Waals surface area contributed by atoms with Gasteiger partial charge in [-0.3, -0.25) is 4.57 Å². The number of nitriles is 1. The summed E-state index contributed by atoms with van der Waals surface area (Å²) in [6.45, 7) is 9.02. The first-order valence-electron chi connectivity index (χ1n) is 9.63. The van der Waals surface area contributed by atoms with Crippen LogP contribution in [0.3, 0.4) is 0 Å². The van der Waals surface area contributed by atoms with Crippen LogP contribution in [0, 0.1) is 11.3 Å². The minimum Gasteiger partial charge on any atom is -0.312 e. The Hall–Kier alpha value is -0.950. The lowest BCUT2D eigenvalue weighted by Crippen LogP contribution is -2.29. The van der Waals surface area contributed by atoms with Gasteiger partial charge in [0.1, 0.15) is 0 Å². The maximum absolute atomic E-state index is 13.7.